The molecular formula is C25H20FN5. The van der Waals surface area contributed by atoms with E-state index >= 15 is 4.39 Å². The molecule has 2 N–H and O–H groups in total. The van der Waals surface area contributed by atoms with Crippen molar-refractivity contribution in [2.24, 2.45) is 0 Å². The molecule has 0 atom stereocenters. The Balaban J connectivity index is 1.89. The van der Waals surface area contributed by atoms with Gasteiger partial charge in [-0.1, -0.05) is 30.3 Å². The Hall–Kier alpha value is -4.00. The summed E-state index contributed by atoms with van der Waals surface area (Å²) in [6, 6.07) is 18.9. The minimum atomic E-state index is -0.355. The third-order valence-corrected chi connectivity index (χ3v) is 5.33. The van der Waals surface area contributed by atoms with Crippen LogP contribution in [0.5, 0.6) is 0 Å². The molecular weight excluding hydrogens is 389 g/mol. The quantitative estimate of drug-likeness (QED) is 0.485. The predicted octanol–water partition coefficient (Wildman–Crippen LogP) is 5.00. The van der Waals surface area contributed by atoms with Crippen LogP contribution in [0, 0.1) is 35.4 Å². The van der Waals surface area contributed by atoms with E-state index in [0.717, 1.165) is 27.6 Å². The van der Waals surface area contributed by atoms with Crippen molar-refractivity contribution in [3.63, 3.8) is 0 Å². The number of rotatable bonds is 5. The van der Waals surface area contributed by atoms with Gasteiger partial charge in [-0.25, -0.2) is 4.39 Å². The number of hydrogen-bond acceptors (Lipinski definition) is 4. The number of aromatic nitrogens is 2. The predicted molar refractivity (Wildman–Crippen MR) is 118 cm³/mol. The van der Waals surface area contributed by atoms with Crippen molar-refractivity contribution in [2.45, 2.75) is 19.9 Å². The summed E-state index contributed by atoms with van der Waals surface area (Å²) < 4.78 is 15.1. The van der Waals surface area contributed by atoms with Crippen LogP contribution in [0.1, 0.15) is 22.3 Å². The monoisotopic (exact) mass is 409 g/mol. The second-order valence-corrected chi connectivity index (χ2v) is 7.46. The molecule has 4 rings (SSSR count). The molecule has 0 aliphatic heterocycles. The molecule has 0 saturated carbocycles. The van der Waals surface area contributed by atoms with Crippen molar-refractivity contribution >= 4 is 10.9 Å². The summed E-state index contributed by atoms with van der Waals surface area (Å²) in [6.07, 6.45) is 0.347. The van der Waals surface area contributed by atoms with Crippen molar-refractivity contribution in [1.82, 2.24) is 15.5 Å². The molecule has 1 heterocycles. The Kier molecular flexibility index (Phi) is 5.49. The SMILES string of the molecule is CNCc1cc(C)c(-c2cc3c(-c4ccc(CC#N)cc4)n[nH]c3cc2C#N)c(F)c1. The maximum absolute atomic E-state index is 15.1. The number of H-pyrrole nitrogens is 1. The summed E-state index contributed by atoms with van der Waals surface area (Å²) in [4.78, 5) is 0. The van der Waals surface area contributed by atoms with Crippen LogP contribution in [0.2, 0.25) is 0 Å². The summed E-state index contributed by atoms with van der Waals surface area (Å²) in [6.45, 7) is 2.42. The van der Waals surface area contributed by atoms with Gasteiger partial charge >= 0.3 is 0 Å². The number of fused-ring (bicyclic) bond motifs is 1. The van der Waals surface area contributed by atoms with Gasteiger partial charge in [0.05, 0.1) is 35.3 Å². The topological polar surface area (TPSA) is 88.3 Å². The van der Waals surface area contributed by atoms with Crippen LogP contribution < -0.4 is 5.32 Å². The van der Waals surface area contributed by atoms with E-state index in [1.807, 2.05) is 50.4 Å². The van der Waals surface area contributed by atoms with Gasteiger partial charge in [0.25, 0.3) is 0 Å². The van der Waals surface area contributed by atoms with Gasteiger partial charge in [-0.2, -0.15) is 15.6 Å². The van der Waals surface area contributed by atoms with Gasteiger partial charge in [-0.05, 0) is 48.9 Å². The highest BCUT2D eigenvalue weighted by atomic mass is 19.1. The normalized spacial score (nSPS) is 10.7. The van der Waals surface area contributed by atoms with Gasteiger partial charge in [0.1, 0.15) is 5.82 Å². The van der Waals surface area contributed by atoms with Gasteiger partial charge in [-0.3, -0.25) is 5.10 Å². The van der Waals surface area contributed by atoms with Gasteiger partial charge in [0.15, 0.2) is 0 Å². The molecule has 0 amide bonds. The molecule has 152 valence electrons. The van der Waals surface area contributed by atoms with E-state index in [-0.39, 0.29) is 5.82 Å². The van der Waals surface area contributed by atoms with Crippen molar-refractivity contribution in [1.29, 1.82) is 10.5 Å². The lowest BCUT2D eigenvalue weighted by Gasteiger charge is -2.13. The van der Waals surface area contributed by atoms with E-state index in [0.29, 0.717) is 40.9 Å². The molecule has 31 heavy (non-hydrogen) atoms. The van der Waals surface area contributed by atoms with Crippen LogP contribution in [-0.4, -0.2) is 17.2 Å². The first-order valence-electron chi connectivity index (χ1n) is 9.88. The van der Waals surface area contributed by atoms with Crippen LogP contribution in [0.4, 0.5) is 4.39 Å². The fourth-order valence-corrected chi connectivity index (χ4v) is 3.92. The highest BCUT2D eigenvalue weighted by Gasteiger charge is 2.18. The molecule has 4 aromatic rings. The van der Waals surface area contributed by atoms with Crippen LogP contribution in [-0.2, 0) is 13.0 Å². The minimum absolute atomic E-state index is 0.347. The number of nitriles is 2. The number of benzene rings is 3. The summed E-state index contributed by atoms with van der Waals surface area (Å²) in [5.41, 5.74) is 6.21. The van der Waals surface area contributed by atoms with Crippen molar-refractivity contribution < 1.29 is 4.39 Å². The molecule has 0 fully saturated rings. The second kappa shape index (κ2) is 8.39. The van der Waals surface area contributed by atoms with E-state index in [1.165, 1.54) is 6.07 Å². The number of nitrogens with one attached hydrogen (secondary N) is 2. The smallest absolute Gasteiger partial charge is 0.131 e. The lowest BCUT2D eigenvalue weighted by molar-refractivity contribution is 0.626. The molecule has 3 aromatic carbocycles. The minimum Gasteiger partial charge on any atom is -0.316 e. The number of aryl methyl sites for hydroxylation is 1. The molecule has 0 unspecified atom stereocenters. The number of nitrogens with zero attached hydrogens (tertiary/aromatic N) is 3. The van der Waals surface area contributed by atoms with E-state index in [9.17, 15) is 5.26 Å². The van der Waals surface area contributed by atoms with Crippen LogP contribution in [0.15, 0.2) is 48.5 Å². The molecule has 1 aromatic heterocycles. The lowest BCUT2D eigenvalue weighted by atomic mass is 9.92. The molecule has 0 aliphatic carbocycles. The lowest BCUT2D eigenvalue weighted by Crippen LogP contribution is -2.06. The van der Waals surface area contributed by atoms with E-state index in [1.54, 1.807) is 6.07 Å². The van der Waals surface area contributed by atoms with E-state index in [4.69, 9.17) is 5.26 Å². The molecule has 0 bridgehead atoms. The number of hydrogen-bond donors (Lipinski definition) is 2. The fourth-order valence-electron chi connectivity index (χ4n) is 3.92. The Labute approximate surface area is 179 Å². The molecule has 0 spiro atoms. The first kappa shape index (κ1) is 20.3. The zero-order valence-corrected chi connectivity index (χ0v) is 17.3. The summed E-state index contributed by atoms with van der Waals surface area (Å²) in [7, 11) is 1.82. The maximum atomic E-state index is 15.1. The zero-order valence-electron chi connectivity index (χ0n) is 17.3. The van der Waals surface area contributed by atoms with Crippen molar-refractivity contribution in [2.75, 3.05) is 7.05 Å². The highest BCUT2D eigenvalue weighted by Crippen LogP contribution is 2.36. The van der Waals surface area contributed by atoms with Crippen molar-refractivity contribution in [3.05, 3.63) is 76.6 Å². The summed E-state index contributed by atoms with van der Waals surface area (Å²) in [5, 5.41) is 29.8. The average molecular weight is 409 g/mol. The van der Waals surface area contributed by atoms with E-state index in [2.05, 4.69) is 27.7 Å². The fraction of sp³-hybridized carbons (Fsp3) is 0.160. The van der Waals surface area contributed by atoms with E-state index < -0.39 is 0 Å². The molecule has 5 nitrogen and oxygen atoms in total. The molecule has 0 aliphatic rings. The second-order valence-electron chi connectivity index (χ2n) is 7.46. The Morgan fingerprint density at radius 3 is 2.48 bits per heavy atom. The number of aromatic amines is 1. The largest absolute Gasteiger partial charge is 0.316 e. The average Bonchev–Trinajstić information content (AvgIpc) is 3.16. The summed E-state index contributed by atoms with van der Waals surface area (Å²) in [5.74, 6) is -0.355. The molecule has 0 radical (unpaired) electrons. The first-order valence-corrected chi connectivity index (χ1v) is 9.88. The summed E-state index contributed by atoms with van der Waals surface area (Å²) >= 11 is 0. The molecule has 0 saturated heterocycles. The Bertz CT molecular complexity index is 1330. The standard InChI is InChI=1S/C25H20FN5/c1-15-9-17(14-29-2)10-22(26)24(15)20-12-21-23(11-19(20)13-28)30-31-25(21)18-5-3-16(4-6-18)7-8-27/h3-6,9-12,29H,7,14H2,1-2H3,(H,30,31). The van der Waals surface area contributed by atoms with Crippen LogP contribution in [0.3, 0.4) is 0 Å². The van der Waals surface area contributed by atoms with Crippen molar-refractivity contribution in [3.8, 4) is 34.5 Å². The first-order chi connectivity index (χ1) is 15.0. The Morgan fingerprint density at radius 1 is 1.06 bits per heavy atom. The number of halogens is 1. The van der Waals surface area contributed by atoms with Crippen LogP contribution in [0.25, 0.3) is 33.3 Å². The zero-order chi connectivity index (χ0) is 22.0. The Morgan fingerprint density at radius 2 is 1.84 bits per heavy atom. The maximum Gasteiger partial charge on any atom is 0.131 e. The van der Waals surface area contributed by atoms with Gasteiger partial charge < -0.3 is 5.32 Å². The van der Waals surface area contributed by atoms with Gasteiger partial charge in [-0.15, -0.1) is 0 Å². The highest BCUT2D eigenvalue weighted by molar-refractivity contribution is 5.97. The van der Waals surface area contributed by atoms with Gasteiger partial charge in [0.2, 0.25) is 0 Å². The third-order valence-electron chi connectivity index (χ3n) is 5.33. The van der Waals surface area contributed by atoms with Gasteiger partial charge in [0, 0.05) is 28.6 Å². The molecule has 6 heteroatoms. The van der Waals surface area contributed by atoms with Crippen LogP contribution >= 0.6 is 0 Å². The third kappa shape index (κ3) is 3.77.